The van der Waals surface area contributed by atoms with E-state index in [2.05, 4.69) is 14.9 Å². The monoisotopic (exact) mass is 359 g/mol. The van der Waals surface area contributed by atoms with Crippen molar-refractivity contribution in [1.82, 2.24) is 14.7 Å². The number of nitrogens with zero attached hydrogens (tertiary/aromatic N) is 5. The van der Waals surface area contributed by atoms with Gasteiger partial charge in [-0.3, -0.25) is 19.7 Å². The molecule has 0 atom stereocenters. The normalized spacial score (nSPS) is 15.7. The van der Waals surface area contributed by atoms with E-state index in [1.807, 2.05) is 43.2 Å². The molecule has 2 aromatic rings. The summed E-state index contributed by atoms with van der Waals surface area (Å²) in [6.07, 6.45) is 4.87. The van der Waals surface area contributed by atoms with Crippen LogP contribution >= 0.6 is 0 Å². The predicted molar refractivity (Wildman–Crippen MR) is 99.6 cm³/mol. The molecule has 0 radical (unpaired) electrons. The molecule has 140 valence electrons. The average Bonchev–Trinajstić information content (AvgIpc) is 2.88. The number of aromatic nitrogens is 2. The highest BCUT2D eigenvalue weighted by Crippen LogP contribution is 2.37. The maximum Gasteiger partial charge on any atom is 0.333 e. The molecule has 0 unspecified atom stereocenters. The van der Waals surface area contributed by atoms with E-state index >= 15 is 0 Å². The van der Waals surface area contributed by atoms with E-state index in [9.17, 15) is 10.1 Å². The van der Waals surface area contributed by atoms with Crippen LogP contribution in [0.1, 0.15) is 18.9 Å². The van der Waals surface area contributed by atoms with Crippen LogP contribution in [0.25, 0.3) is 0 Å². The van der Waals surface area contributed by atoms with Gasteiger partial charge in [-0.05, 0) is 25.5 Å². The number of anilines is 1. The number of hydrogen-bond donors (Lipinski definition) is 0. The Morgan fingerprint density at radius 1 is 1.27 bits per heavy atom. The van der Waals surface area contributed by atoms with Crippen molar-refractivity contribution in [2.75, 3.05) is 37.7 Å². The Balaban J connectivity index is 1.74. The fourth-order valence-electron chi connectivity index (χ4n) is 3.40. The number of ether oxygens (including phenoxy) is 1. The SMILES string of the molecule is CCOc1cccc(N2CCCN(Cc3cnn(C)c3)CC2)c1[N+](=O)[O-]. The molecule has 1 aliphatic rings. The Morgan fingerprint density at radius 2 is 2.12 bits per heavy atom. The second kappa shape index (κ2) is 8.18. The zero-order valence-electron chi connectivity index (χ0n) is 15.3. The third-order valence-electron chi connectivity index (χ3n) is 4.55. The molecule has 1 aromatic carbocycles. The van der Waals surface area contributed by atoms with E-state index < -0.39 is 0 Å². The molecule has 8 heteroatoms. The summed E-state index contributed by atoms with van der Waals surface area (Å²) in [5.41, 5.74) is 1.89. The first-order chi connectivity index (χ1) is 12.6. The summed E-state index contributed by atoms with van der Waals surface area (Å²) >= 11 is 0. The molecule has 3 rings (SSSR count). The largest absolute Gasteiger partial charge is 0.487 e. The van der Waals surface area contributed by atoms with Gasteiger partial charge in [0.15, 0.2) is 5.75 Å². The van der Waals surface area contributed by atoms with Crippen LogP contribution in [0, 0.1) is 10.1 Å². The first-order valence-electron chi connectivity index (χ1n) is 8.93. The van der Waals surface area contributed by atoms with Crippen molar-refractivity contribution in [2.45, 2.75) is 19.9 Å². The van der Waals surface area contributed by atoms with Gasteiger partial charge in [-0.25, -0.2) is 0 Å². The summed E-state index contributed by atoms with van der Waals surface area (Å²) in [6.45, 7) is 6.44. The van der Waals surface area contributed by atoms with Gasteiger partial charge in [0.25, 0.3) is 0 Å². The van der Waals surface area contributed by atoms with Gasteiger partial charge >= 0.3 is 5.69 Å². The summed E-state index contributed by atoms with van der Waals surface area (Å²) < 4.78 is 7.28. The van der Waals surface area contributed by atoms with Crippen LogP contribution in [0.2, 0.25) is 0 Å². The smallest absolute Gasteiger partial charge is 0.333 e. The number of aryl methyl sites for hydroxylation is 1. The van der Waals surface area contributed by atoms with Crippen molar-refractivity contribution in [3.63, 3.8) is 0 Å². The Bertz CT molecular complexity index is 761. The quantitative estimate of drug-likeness (QED) is 0.582. The molecule has 0 saturated carbocycles. The molecule has 1 fully saturated rings. The molecule has 0 spiro atoms. The zero-order valence-corrected chi connectivity index (χ0v) is 15.3. The molecule has 0 N–H and O–H groups in total. The molecule has 0 bridgehead atoms. The minimum absolute atomic E-state index is 0.0649. The lowest BCUT2D eigenvalue weighted by molar-refractivity contribution is -0.385. The maximum absolute atomic E-state index is 11.6. The van der Waals surface area contributed by atoms with Crippen LogP contribution in [-0.4, -0.2) is 52.4 Å². The van der Waals surface area contributed by atoms with Gasteiger partial charge in [0, 0.05) is 51.5 Å². The summed E-state index contributed by atoms with van der Waals surface area (Å²) in [6, 6.07) is 5.31. The first kappa shape index (κ1) is 18.2. The van der Waals surface area contributed by atoms with Crippen molar-refractivity contribution >= 4 is 11.4 Å². The number of benzene rings is 1. The molecule has 26 heavy (non-hydrogen) atoms. The number of nitro benzene ring substituents is 1. The Hall–Kier alpha value is -2.61. The predicted octanol–water partition coefficient (Wildman–Crippen LogP) is 2.44. The number of hydrogen-bond acceptors (Lipinski definition) is 6. The molecule has 2 heterocycles. The third-order valence-corrected chi connectivity index (χ3v) is 4.55. The maximum atomic E-state index is 11.6. The average molecular weight is 359 g/mol. The van der Waals surface area contributed by atoms with Crippen LogP contribution in [0.4, 0.5) is 11.4 Å². The minimum Gasteiger partial charge on any atom is -0.487 e. The molecule has 0 amide bonds. The van der Waals surface area contributed by atoms with Crippen LogP contribution < -0.4 is 9.64 Å². The van der Waals surface area contributed by atoms with Crippen LogP contribution in [0.15, 0.2) is 30.6 Å². The van der Waals surface area contributed by atoms with Gasteiger partial charge in [0.05, 0.1) is 17.7 Å². The lowest BCUT2D eigenvalue weighted by Crippen LogP contribution is -2.30. The lowest BCUT2D eigenvalue weighted by Gasteiger charge is -2.23. The number of nitro groups is 1. The zero-order chi connectivity index (χ0) is 18.5. The van der Waals surface area contributed by atoms with Crippen LogP contribution in [0.3, 0.4) is 0 Å². The topological polar surface area (TPSA) is 76.7 Å². The molecule has 1 aliphatic heterocycles. The molecule has 1 saturated heterocycles. The van der Waals surface area contributed by atoms with E-state index in [4.69, 9.17) is 4.74 Å². The van der Waals surface area contributed by atoms with E-state index in [1.165, 1.54) is 5.56 Å². The Labute approximate surface area is 153 Å². The summed E-state index contributed by atoms with van der Waals surface area (Å²) in [4.78, 5) is 15.8. The summed E-state index contributed by atoms with van der Waals surface area (Å²) in [7, 11) is 1.91. The Kier molecular flexibility index (Phi) is 5.72. The fourth-order valence-corrected chi connectivity index (χ4v) is 3.40. The van der Waals surface area contributed by atoms with Gasteiger partial charge < -0.3 is 9.64 Å². The summed E-state index contributed by atoms with van der Waals surface area (Å²) in [5.74, 6) is 0.339. The number of rotatable bonds is 6. The highest BCUT2D eigenvalue weighted by molar-refractivity contribution is 5.69. The van der Waals surface area contributed by atoms with E-state index in [0.717, 1.165) is 39.1 Å². The second-order valence-corrected chi connectivity index (χ2v) is 6.45. The van der Waals surface area contributed by atoms with E-state index in [-0.39, 0.29) is 10.6 Å². The van der Waals surface area contributed by atoms with Crippen molar-refractivity contribution in [2.24, 2.45) is 7.05 Å². The van der Waals surface area contributed by atoms with Gasteiger partial charge in [0.1, 0.15) is 5.69 Å². The van der Waals surface area contributed by atoms with Gasteiger partial charge in [0.2, 0.25) is 0 Å². The van der Waals surface area contributed by atoms with Crippen molar-refractivity contribution in [3.05, 3.63) is 46.3 Å². The molecular formula is C18H25N5O3. The molecular weight excluding hydrogens is 334 g/mol. The standard InChI is InChI=1S/C18H25N5O3/c1-3-26-17-7-4-6-16(18(17)23(24)25)22-9-5-8-21(10-11-22)14-15-12-19-20(2)13-15/h4,6-7,12-13H,3,5,8-11,14H2,1-2H3. The lowest BCUT2D eigenvalue weighted by atomic mass is 10.2. The van der Waals surface area contributed by atoms with E-state index in [1.54, 1.807) is 6.07 Å². The highest BCUT2D eigenvalue weighted by atomic mass is 16.6. The van der Waals surface area contributed by atoms with Crippen molar-refractivity contribution in [3.8, 4) is 5.75 Å². The van der Waals surface area contributed by atoms with Crippen molar-refractivity contribution < 1.29 is 9.66 Å². The second-order valence-electron chi connectivity index (χ2n) is 6.45. The molecule has 8 nitrogen and oxygen atoms in total. The third kappa shape index (κ3) is 4.13. The first-order valence-corrected chi connectivity index (χ1v) is 8.93. The highest BCUT2D eigenvalue weighted by Gasteiger charge is 2.26. The Morgan fingerprint density at radius 3 is 2.81 bits per heavy atom. The summed E-state index contributed by atoms with van der Waals surface area (Å²) in [5, 5.41) is 15.9. The minimum atomic E-state index is -0.335. The van der Waals surface area contributed by atoms with Crippen molar-refractivity contribution in [1.29, 1.82) is 0 Å². The number of para-hydroxylation sites is 1. The fraction of sp³-hybridized carbons (Fsp3) is 0.500. The van der Waals surface area contributed by atoms with Gasteiger partial charge in [-0.1, -0.05) is 6.07 Å². The molecule has 0 aliphatic carbocycles. The van der Waals surface area contributed by atoms with Crippen LogP contribution in [0.5, 0.6) is 5.75 Å². The van der Waals surface area contributed by atoms with Crippen LogP contribution in [-0.2, 0) is 13.6 Å². The molecule has 1 aromatic heterocycles. The van der Waals surface area contributed by atoms with Gasteiger partial charge in [-0.2, -0.15) is 5.10 Å². The van der Waals surface area contributed by atoms with E-state index in [0.29, 0.717) is 18.0 Å². The van der Waals surface area contributed by atoms with Gasteiger partial charge in [-0.15, -0.1) is 0 Å².